The molecule has 19 heavy (non-hydrogen) atoms. The molecule has 1 fully saturated rings. The van der Waals surface area contributed by atoms with Gasteiger partial charge in [-0.25, -0.2) is 4.98 Å². The second kappa shape index (κ2) is 7.25. The minimum atomic E-state index is 0.756. The fraction of sp³-hybridized carbons (Fsp3) is 0.667. The highest BCUT2D eigenvalue weighted by Gasteiger charge is 2.20. The third-order valence-corrected chi connectivity index (χ3v) is 4.55. The van der Waals surface area contributed by atoms with Gasteiger partial charge in [-0.3, -0.25) is 0 Å². The van der Waals surface area contributed by atoms with Gasteiger partial charge in [0.15, 0.2) is 0 Å². The number of hydrogen-bond acceptors (Lipinski definition) is 3. The van der Waals surface area contributed by atoms with Gasteiger partial charge in [0.1, 0.15) is 5.82 Å². The number of aromatic nitrogens is 1. The van der Waals surface area contributed by atoms with Crippen LogP contribution in [0, 0.1) is 12.8 Å². The zero-order chi connectivity index (χ0) is 13.7. The number of nitrogens with one attached hydrogen (secondary N) is 1. The molecule has 1 atom stereocenters. The van der Waals surface area contributed by atoms with Crippen molar-refractivity contribution in [1.29, 1.82) is 0 Å². The highest BCUT2D eigenvalue weighted by atomic mass is 79.9. The first-order valence-corrected chi connectivity index (χ1v) is 8.08. The first-order chi connectivity index (χ1) is 9.20. The molecule has 0 aromatic carbocycles. The number of aryl methyl sites for hydroxylation is 1. The highest BCUT2D eigenvalue weighted by Crippen LogP contribution is 2.24. The average molecular weight is 326 g/mol. The summed E-state index contributed by atoms with van der Waals surface area (Å²) in [6.07, 6.45) is 3.82. The summed E-state index contributed by atoms with van der Waals surface area (Å²) in [7, 11) is 0. The number of piperidine rings is 1. The van der Waals surface area contributed by atoms with E-state index in [0.29, 0.717) is 0 Å². The summed E-state index contributed by atoms with van der Waals surface area (Å²) in [6.45, 7) is 8.81. The topological polar surface area (TPSA) is 28.2 Å². The Morgan fingerprint density at radius 1 is 1.47 bits per heavy atom. The van der Waals surface area contributed by atoms with Gasteiger partial charge in [-0.15, -0.1) is 0 Å². The van der Waals surface area contributed by atoms with Crippen molar-refractivity contribution in [2.24, 2.45) is 5.92 Å². The zero-order valence-corrected chi connectivity index (χ0v) is 13.5. The van der Waals surface area contributed by atoms with Crippen LogP contribution in [-0.4, -0.2) is 31.2 Å². The number of anilines is 1. The van der Waals surface area contributed by atoms with E-state index >= 15 is 0 Å². The lowest BCUT2D eigenvalue weighted by Gasteiger charge is -2.34. The Labute approximate surface area is 124 Å². The number of nitrogens with zero attached hydrogens (tertiary/aromatic N) is 2. The molecule has 2 rings (SSSR count). The van der Waals surface area contributed by atoms with Gasteiger partial charge in [0.25, 0.3) is 0 Å². The van der Waals surface area contributed by atoms with Crippen molar-refractivity contribution >= 4 is 21.7 Å². The maximum atomic E-state index is 4.69. The van der Waals surface area contributed by atoms with E-state index in [9.17, 15) is 0 Å². The van der Waals surface area contributed by atoms with E-state index in [4.69, 9.17) is 0 Å². The van der Waals surface area contributed by atoms with Gasteiger partial charge in [0.05, 0.1) is 5.69 Å². The lowest BCUT2D eigenvalue weighted by molar-refractivity contribution is 0.391. The number of hydrogen-bond donors (Lipinski definition) is 1. The van der Waals surface area contributed by atoms with Crippen LogP contribution in [0.4, 0.5) is 5.82 Å². The predicted octanol–water partition coefficient (Wildman–Crippen LogP) is 3.37. The van der Waals surface area contributed by atoms with E-state index in [-0.39, 0.29) is 0 Å². The molecule has 3 nitrogen and oxygen atoms in total. The van der Waals surface area contributed by atoms with Crippen molar-refractivity contribution in [3.05, 3.63) is 22.3 Å². The smallest absolute Gasteiger partial charge is 0.128 e. The van der Waals surface area contributed by atoms with E-state index in [1.165, 1.54) is 19.3 Å². The number of pyridine rings is 1. The van der Waals surface area contributed by atoms with E-state index < -0.39 is 0 Å². The summed E-state index contributed by atoms with van der Waals surface area (Å²) >= 11 is 3.52. The molecule has 0 aliphatic carbocycles. The summed E-state index contributed by atoms with van der Waals surface area (Å²) < 4.78 is 1.09. The van der Waals surface area contributed by atoms with Crippen LogP contribution in [0.5, 0.6) is 0 Å². The van der Waals surface area contributed by atoms with Crippen molar-refractivity contribution < 1.29 is 0 Å². The van der Waals surface area contributed by atoms with E-state index in [0.717, 1.165) is 48.1 Å². The summed E-state index contributed by atoms with van der Waals surface area (Å²) in [5.74, 6) is 1.88. The maximum absolute atomic E-state index is 4.69. The van der Waals surface area contributed by atoms with Crippen LogP contribution < -0.4 is 10.2 Å². The third-order valence-electron chi connectivity index (χ3n) is 3.71. The SMILES string of the molecule is CCCNCC1CCCN(c2ccc(Br)c(C)n2)C1. The van der Waals surface area contributed by atoms with Gasteiger partial charge in [-0.1, -0.05) is 6.92 Å². The summed E-state index contributed by atoms with van der Waals surface area (Å²) in [5.41, 5.74) is 1.07. The van der Waals surface area contributed by atoms with E-state index in [1.54, 1.807) is 0 Å². The van der Waals surface area contributed by atoms with Crippen LogP contribution in [0.15, 0.2) is 16.6 Å². The minimum absolute atomic E-state index is 0.756. The zero-order valence-electron chi connectivity index (χ0n) is 12.0. The molecule has 0 radical (unpaired) electrons. The Hall–Kier alpha value is -0.610. The molecule has 1 N–H and O–H groups in total. The molecule has 4 heteroatoms. The molecule has 106 valence electrons. The monoisotopic (exact) mass is 325 g/mol. The lowest BCUT2D eigenvalue weighted by Crippen LogP contribution is -2.40. The Bertz CT molecular complexity index is 408. The first-order valence-electron chi connectivity index (χ1n) is 7.29. The largest absolute Gasteiger partial charge is 0.356 e. The van der Waals surface area contributed by atoms with Crippen LogP contribution in [0.3, 0.4) is 0 Å². The third kappa shape index (κ3) is 4.18. The van der Waals surface area contributed by atoms with Crippen molar-refractivity contribution in [3.8, 4) is 0 Å². The summed E-state index contributed by atoms with van der Waals surface area (Å²) in [6, 6.07) is 4.23. The molecule has 2 heterocycles. The molecule has 0 saturated carbocycles. The quantitative estimate of drug-likeness (QED) is 0.841. The minimum Gasteiger partial charge on any atom is -0.356 e. The Morgan fingerprint density at radius 3 is 3.05 bits per heavy atom. The van der Waals surface area contributed by atoms with Crippen molar-refractivity contribution in [2.75, 3.05) is 31.1 Å². The number of halogens is 1. The molecule has 1 aliphatic rings. The highest BCUT2D eigenvalue weighted by molar-refractivity contribution is 9.10. The lowest BCUT2D eigenvalue weighted by atomic mass is 9.98. The fourth-order valence-corrected chi connectivity index (χ4v) is 2.85. The Balaban J connectivity index is 1.94. The fourth-order valence-electron chi connectivity index (χ4n) is 2.63. The molecule has 0 bridgehead atoms. The van der Waals surface area contributed by atoms with Gasteiger partial charge >= 0.3 is 0 Å². The summed E-state index contributed by atoms with van der Waals surface area (Å²) in [4.78, 5) is 7.12. The average Bonchev–Trinajstić information content (AvgIpc) is 2.43. The molecular weight excluding hydrogens is 302 g/mol. The molecule has 1 unspecified atom stereocenters. The predicted molar refractivity (Wildman–Crippen MR) is 84.8 cm³/mol. The molecule has 1 saturated heterocycles. The molecule has 1 aromatic heterocycles. The summed E-state index contributed by atoms with van der Waals surface area (Å²) in [5, 5.41) is 3.54. The van der Waals surface area contributed by atoms with Gasteiger partial charge < -0.3 is 10.2 Å². The number of rotatable bonds is 5. The molecule has 0 spiro atoms. The Kier molecular flexibility index (Phi) is 5.64. The van der Waals surface area contributed by atoms with Crippen LogP contribution in [0.25, 0.3) is 0 Å². The van der Waals surface area contributed by atoms with Gasteiger partial charge in [-0.05, 0) is 73.3 Å². The van der Waals surface area contributed by atoms with Gasteiger partial charge in [0.2, 0.25) is 0 Å². The van der Waals surface area contributed by atoms with Crippen molar-refractivity contribution in [3.63, 3.8) is 0 Å². The van der Waals surface area contributed by atoms with Crippen LogP contribution in [0.1, 0.15) is 31.9 Å². The molecule has 1 aromatic rings. The second-order valence-electron chi connectivity index (χ2n) is 5.40. The second-order valence-corrected chi connectivity index (χ2v) is 6.25. The van der Waals surface area contributed by atoms with Crippen LogP contribution >= 0.6 is 15.9 Å². The molecule has 0 amide bonds. The Morgan fingerprint density at radius 2 is 2.32 bits per heavy atom. The molecular formula is C15H24BrN3. The van der Waals surface area contributed by atoms with Gasteiger partial charge in [-0.2, -0.15) is 0 Å². The van der Waals surface area contributed by atoms with Crippen LogP contribution in [0.2, 0.25) is 0 Å². The first kappa shape index (κ1) is 14.8. The standard InChI is InChI=1S/C15H24BrN3/c1-3-8-17-10-13-5-4-9-19(11-13)15-7-6-14(16)12(2)18-15/h6-7,13,17H,3-5,8-11H2,1-2H3. The van der Waals surface area contributed by atoms with Crippen LogP contribution in [-0.2, 0) is 0 Å². The van der Waals surface area contributed by atoms with E-state index in [1.807, 2.05) is 0 Å². The molecule has 1 aliphatic heterocycles. The van der Waals surface area contributed by atoms with Gasteiger partial charge in [0, 0.05) is 17.6 Å². The van der Waals surface area contributed by atoms with E-state index in [2.05, 4.69) is 57.1 Å². The van der Waals surface area contributed by atoms with Crippen molar-refractivity contribution in [2.45, 2.75) is 33.1 Å². The van der Waals surface area contributed by atoms with Crippen molar-refractivity contribution in [1.82, 2.24) is 10.3 Å². The normalized spacial score (nSPS) is 19.7. The maximum Gasteiger partial charge on any atom is 0.128 e.